The molecule has 1 aromatic rings. The van der Waals surface area contributed by atoms with Gasteiger partial charge in [0.1, 0.15) is 12.2 Å². The molecule has 0 radical (unpaired) electrons. The molecule has 0 bridgehead atoms. The van der Waals surface area contributed by atoms with Crippen molar-refractivity contribution in [1.82, 2.24) is 14.5 Å². The van der Waals surface area contributed by atoms with Gasteiger partial charge in [0.2, 0.25) is 0 Å². The van der Waals surface area contributed by atoms with Crippen LogP contribution in [0.5, 0.6) is 0 Å². The number of aromatic nitrogens is 2. The van der Waals surface area contributed by atoms with Crippen molar-refractivity contribution in [2.24, 2.45) is 0 Å². The van der Waals surface area contributed by atoms with Gasteiger partial charge in [0.15, 0.2) is 0 Å². The minimum absolute atomic E-state index is 0.00716. The molecule has 5 heteroatoms. The molecular weight excluding hydrogens is 194 g/mol. The molecule has 0 saturated carbocycles. The van der Waals surface area contributed by atoms with Crippen molar-refractivity contribution in [3.63, 3.8) is 0 Å². The lowest BCUT2D eigenvalue weighted by Crippen LogP contribution is -2.18. The normalized spacial score (nSPS) is 22.1. The highest BCUT2D eigenvalue weighted by Gasteiger charge is 2.23. The topological polar surface area (TPSA) is 58.4 Å². The van der Waals surface area contributed by atoms with Gasteiger partial charge < -0.3 is 14.6 Å². The van der Waals surface area contributed by atoms with Crippen molar-refractivity contribution in [3.8, 4) is 0 Å². The number of aliphatic carboxylic acids is 1. The van der Waals surface area contributed by atoms with E-state index in [-0.39, 0.29) is 6.42 Å². The standard InChI is InChI=1S/C10H15N3O2/c1-12-4-2-8(7-12)13-5-3-11-9(13)6-10(14)15/h3,5,8H,2,4,6-7H2,1H3,(H,14,15). The fraction of sp³-hybridized carbons (Fsp3) is 0.600. The van der Waals surface area contributed by atoms with Crippen LogP contribution in [0.4, 0.5) is 0 Å². The lowest BCUT2D eigenvalue weighted by Gasteiger charge is -2.14. The van der Waals surface area contributed by atoms with Gasteiger partial charge in [0.25, 0.3) is 0 Å². The molecule has 1 fully saturated rings. The van der Waals surface area contributed by atoms with Gasteiger partial charge in [-0.3, -0.25) is 4.79 Å². The first-order valence-corrected chi connectivity index (χ1v) is 5.09. The third kappa shape index (κ3) is 2.18. The number of carboxylic acids is 1. The molecule has 0 amide bonds. The third-order valence-corrected chi connectivity index (χ3v) is 2.82. The van der Waals surface area contributed by atoms with Crippen LogP contribution in [0.25, 0.3) is 0 Å². The van der Waals surface area contributed by atoms with Gasteiger partial charge in [-0.1, -0.05) is 0 Å². The molecule has 2 rings (SSSR count). The number of hydrogen-bond acceptors (Lipinski definition) is 3. The van der Waals surface area contributed by atoms with Crippen LogP contribution in [0.2, 0.25) is 0 Å². The van der Waals surface area contributed by atoms with Crippen molar-refractivity contribution >= 4 is 5.97 Å². The van der Waals surface area contributed by atoms with Crippen LogP contribution in [-0.4, -0.2) is 45.7 Å². The Kier molecular flexibility index (Phi) is 2.73. The second-order valence-electron chi connectivity index (χ2n) is 4.03. The summed E-state index contributed by atoms with van der Waals surface area (Å²) in [5.74, 6) is -0.170. The maximum atomic E-state index is 10.6. The highest BCUT2D eigenvalue weighted by molar-refractivity contribution is 5.69. The molecule has 2 heterocycles. The van der Waals surface area contributed by atoms with Gasteiger partial charge in [-0.05, 0) is 20.0 Å². The van der Waals surface area contributed by atoms with Gasteiger partial charge in [-0.2, -0.15) is 0 Å². The number of likely N-dealkylation sites (tertiary alicyclic amines) is 1. The molecule has 82 valence electrons. The monoisotopic (exact) mass is 209 g/mol. The number of rotatable bonds is 3. The van der Waals surface area contributed by atoms with Crippen LogP contribution in [0.3, 0.4) is 0 Å². The molecule has 15 heavy (non-hydrogen) atoms. The Morgan fingerprint density at radius 3 is 3.13 bits per heavy atom. The van der Waals surface area contributed by atoms with Crippen LogP contribution in [-0.2, 0) is 11.2 Å². The first-order valence-electron chi connectivity index (χ1n) is 5.09. The second kappa shape index (κ2) is 4.02. The van der Waals surface area contributed by atoms with Gasteiger partial charge in [-0.25, -0.2) is 4.98 Å². The zero-order valence-electron chi connectivity index (χ0n) is 8.76. The summed E-state index contributed by atoms with van der Waals surface area (Å²) in [6.45, 7) is 2.04. The molecule has 0 aliphatic carbocycles. The van der Waals surface area contributed by atoms with Gasteiger partial charge in [-0.15, -0.1) is 0 Å². The van der Waals surface area contributed by atoms with E-state index < -0.39 is 5.97 Å². The van der Waals surface area contributed by atoms with E-state index in [1.54, 1.807) is 6.20 Å². The zero-order chi connectivity index (χ0) is 10.8. The van der Waals surface area contributed by atoms with E-state index in [9.17, 15) is 4.79 Å². The van der Waals surface area contributed by atoms with Crippen LogP contribution in [0.15, 0.2) is 12.4 Å². The summed E-state index contributed by atoms with van der Waals surface area (Å²) in [5.41, 5.74) is 0. The fourth-order valence-electron chi connectivity index (χ4n) is 2.09. The van der Waals surface area contributed by atoms with E-state index in [0.29, 0.717) is 11.9 Å². The highest BCUT2D eigenvalue weighted by atomic mass is 16.4. The smallest absolute Gasteiger partial charge is 0.311 e. The molecule has 1 saturated heterocycles. The van der Waals surface area contributed by atoms with E-state index in [4.69, 9.17) is 5.11 Å². The minimum Gasteiger partial charge on any atom is -0.481 e. The Labute approximate surface area is 88.3 Å². The summed E-state index contributed by atoms with van der Waals surface area (Å²) in [7, 11) is 2.08. The number of likely N-dealkylation sites (N-methyl/N-ethyl adjacent to an activating group) is 1. The molecule has 1 N–H and O–H groups in total. The summed E-state index contributed by atoms with van der Waals surface area (Å²) in [6.07, 6.45) is 4.63. The molecule has 1 atom stereocenters. The van der Waals surface area contributed by atoms with Crippen molar-refractivity contribution in [1.29, 1.82) is 0 Å². The minimum atomic E-state index is -0.825. The van der Waals surface area contributed by atoms with E-state index in [0.717, 1.165) is 19.5 Å². The molecule has 1 aliphatic rings. The molecule has 1 aromatic heterocycles. The lowest BCUT2D eigenvalue weighted by atomic mass is 10.2. The van der Waals surface area contributed by atoms with Crippen molar-refractivity contribution in [2.45, 2.75) is 18.9 Å². The molecule has 0 spiro atoms. The third-order valence-electron chi connectivity index (χ3n) is 2.82. The second-order valence-corrected chi connectivity index (χ2v) is 4.03. The zero-order valence-corrected chi connectivity index (χ0v) is 8.76. The first-order chi connectivity index (χ1) is 7.16. The van der Waals surface area contributed by atoms with E-state index in [1.807, 2.05) is 10.8 Å². The van der Waals surface area contributed by atoms with E-state index in [2.05, 4.69) is 16.9 Å². The Balaban J connectivity index is 2.14. The summed E-state index contributed by atoms with van der Waals surface area (Å²) in [6, 6.07) is 0.381. The summed E-state index contributed by atoms with van der Waals surface area (Å²) in [5, 5.41) is 8.74. The van der Waals surface area contributed by atoms with E-state index in [1.165, 1.54) is 0 Å². The average Bonchev–Trinajstić information content (AvgIpc) is 2.72. The van der Waals surface area contributed by atoms with E-state index >= 15 is 0 Å². The Morgan fingerprint density at radius 1 is 1.73 bits per heavy atom. The quantitative estimate of drug-likeness (QED) is 0.782. The number of carboxylic acid groups (broad SMARTS) is 1. The number of carbonyl (C=O) groups is 1. The van der Waals surface area contributed by atoms with Crippen LogP contribution >= 0.6 is 0 Å². The predicted octanol–water partition coefficient (Wildman–Crippen LogP) is 0.387. The number of imidazole rings is 1. The molecular formula is C10H15N3O2. The Hall–Kier alpha value is -1.36. The average molecular weight is 209 g/mol. The fourth-order valence-corrected chi connectivity index (χ4v) is 2.09. The Bertz CT molecular complexity index is 361. The molecule has 0 aromatic carbocycles. The van der Waals surface area contributed by atoms with Crippen molar-refractivity contribution in [2.75, 3.05) is 20.1 Å². The first kappa shape index (κ1) is 10.2. The lowest BCUT2D eigenvalue weighted by molar-refractivity contribution is -0.136. The molecule has 1 unspecified atom stereocenters. The van der Waals surface area contributed by atoms with Gasteiger partial charge in [0, 0.05) is 25.0 Å². The van der Waals surface area contributed by atoms with Gasteiger partial charge in [0.05, 0.1) is 0 Å². The predicted molar refractivity (Wildman–Crippen MR) is 54.7 cm³/mol. The van der Waals surface area contributed by atoms with Gasteiger partial charge >= 0.3 is 5.97 Å². The maximum absolute atomic E-state index is 10.6. The SMILES string of the molecule is CN1CCC(n2ccnc2CC(=O)O)C1. The Morgan fingerprint density at radius 2 is 2.53 bits per heavy atom. The highest BCUT2D eigenvalue weighted by Crippen LogP contribution is 2.21. The van der Waals surface area contributed by atoms with Crippen molar-refractivity contribution < 1.29 is 9.90 Å². The largest absolute Gasteiger partial charge is 0.481 e. The summed E-state index contributed by atoms with van der Waals surface area (Å²) in [4.78, 5) is 17.0. The summed E-state index contributed by atoms with van der Waals surface area (Å²) >= 11 is 0. The van der Waals surface area contributed by atoms with Crippen LogP contribution < -0.4 is 0 Å². The molecule has 1 aliphatic heterocycles. The van der Waals surface area contributed by atoms with Crippen molar-refractivity contribution in [3.05, 3.63) is 18.2 Å². The maximum Gasteiger partial charge on any atom is 0.311 e. The summed E-state index contributed by atoms with van der Waals surface area (Å²) < 4.78 is 2.00. The molecule has 5 nitrogen and oxygen atoms in total. The number of hydrogen-bond donors (Lipinski definition) is 1. The van der Waals surface area contributed by atoms with Crippen LogP contribution in [0.1, 0.15) is 18.3 Å². The number of nitrogens with zero attached hydrogens (tertiary/aromatic N) is 3. The van der Waals surface area contributed by atoms with Crippen LogP contribution in [0, 0.1) is 0 Å².